The summed E-state index contributed by atoms with van der Waals surface area (Å²) in [6.07, 6.45) is 3.79. The SMILES string of the molecule is Cc1cnc([C@H]2COCCN2Cc2cn[nH]c2-c2ccccc2)[nH]1. The number of benzene rings is 1. The van der Waals surface area contributed by atoms with Crippen molar-refractivity contribution < 1.29 is 4.74 Å². The number of nitrogens with one attached hydrogen (secondary N) is 2. The number of aryl methyl sites for hydroxylation is 1. The van der Waals surface area contributed by atoms with Crippen molar-refractivity contribution in [3.63, 3.8) is 0 Å². The van der Waals surface area contributed by atoms with Gasteiger partial charge in [0.25, 0.3) is 0 Å². The number of imidazole rings is 1. The Labute approximate surface area is 140 Å². The van der Waals surface area contributed by atoms with Crippen LogP contribution in [0.5, 0.6) is 0 Å². The summed E-state index contributed by atoms with van der Waals surface area (Å²) in [5.41, 5.74) is 4.50. The van der Waals surface area contributed by atoms with Crippen LogP contribution in [0.15, 0.2) is 42.7 Å². The molecule has 3 aromatic rings. The van der Waals surface area contributed by atoms with Crippen LogP contribution in [-0.4, -0.2) is 44.8 Å². The van der Waals surface area contributed by atoms with Gasteiger partial charge in [0.05, 0.1) is 31.1 Å². The number of ether oxygens (including phenoxy) is 1. The molecule has 1 aliphatic heterocycles. The van der Waals surface area contributed by atoms with Gasteiger partial charge in [0.1, 0.15) is 5.82 Å². The van der Waals surface area contributed by atoms with Gasteiger partial charge < -0.3 is 9.72 Å². The number of morpholine rings is 1. The second-order valence-corrected chi connectivity index (χ2v) is 6.15. The first-order chi connectivity index (χ1) is 11.8. The minimum absolute atomic E-state index is 0.144. The summed E-state index contributed by atoms with van der Waals surface area (Å²) in [6.45, 7) is 5.12. The predicted octanol–water partition coefficient (Wildman–Crippen LogP) is 2.68. The van der Waals surface area contributed by atoms with Crippen LogP contribution in [0, 0.1) is 6.92 Å². The van der Waals surface area contributed by atoms with Crippen molar-refractivity contribution in [3.8, 4) is 11.3 Å². The Morgan fingerprint density at radius 2 is 2.12 bits per heavy atom. The van der Waals surface area contributed by atoms with E-state index in [1.165, 1.54) is 5.56 Å². The summed E-state index contributed by atoms with van der Waals surface area (Å²) >= 11 is 0. The molecule has 0 bridgehead atoms. The third-order valence-electron chi connectivity index (χ3n) is 4.43. The lowest BCUT2D eigenvalue weighted by Gasteiger charge is -2.34. The summed E-state index contributed by atoms with van der Waals surface area (Å²) in [6, 6.07) is 10.5. The lowest BCUT2D eigenvalue weighted by molar-refractivity contribution is -0.0156. The van der Waals surface area contributed by atoms with E-state index >= 15 is 0 Å². The summed E-state index contributed by atoms with van der Waals surface area (Å²) in [4.78, 5) is 10.2. The van der Waals surface area contributed by atoms with Crippen molar-refractivity contribution in [1.82, 2.24) is 25.1 Å². The average molecular weight is 323 g/mol. The highest BCUT2D eigenvalue weighted by Gasteiger charge is 2.27. The van der Waals surface area contributed by atoms with Crippen LogP contribution in [-0.2, 0) is 11.3 Å². The van der Waals surface area contributed by atoms with E-state index in [1.54, 1.807) is 0 Å². The fraction of sp³-hybridized carbons (Fsp3) is 0.333. The Bertz CT molecular complexity index is 795. The monoisotopic (exact) mass is 323 g/mol. The van der Waals surface area contributed by atoms with Crippen molar-refractivity contribution in [3.05, 3.63) is 59.8 Å². The molecule has 0 amide bonds. The van der Waals surface area contributed by atoms with Crippen molar-refractivity contribution in [2.24, 2.45) is 0 Å². The smallest absolute Gasteiger partial charge is 0.126 e. The summed E-state index contributed by atoms with van der Waals surface area (Å²) < 4.78 is 5.68. The third-order valence-corrected chi connectivity index (χ3v) is 4.43. The van der Waals surface area contributed by atoms with Crippen LogP contribution < -0.4 is 0 Å². The fourth-order valence-electron chi connectivity index (χ4n) is 3.19. The Morgan fingerprint density at radius 1 is 1.25 bits per heavy atom. The van der Waals surface area contributed by atoms with Gasteiger partial charge in [-0.2, -0.15) is 5.10 Å². The van der Waals surface area contributed by atoms with Crippen LogP contribution in [0.4, 0.5) is 0 Å². The van der Waals surface area contributed by atoms with Gasteiger partial charge in [0, 0.05) is 30.5 Å². The average Bonchev–Trinajstić information content (AvgIpc) is 3.25. The van der Waals surface area contributed by atoms with Gasteiger partial charge in [-0.1, -0.05) is 30.3 Å². The molecule has 24 heavy (non-hydrogen) atoms. The molecule has 1 atom stereocenters. The van der Waals surface area contributed by atoms with Gasteiger partial charge in [-0.3, -0.25) is 10.00 Å². The molecule has 0 unspecified atom stereocenters. The van der Waals surface area contributed by atoms with E-state index in [0.29, 0.717) is 6.61 Å². The number of aromatic amines is 2. The highest BCUT2D eigenvalue weighted by Crippen LogP contribution is 2.27. The molecule has 1 saturated heterocycles. The van der Waals surface area contributed by atoms with E-state index in [9.17, 15) is 0 Å². The lowest BCUT2D eigenvalue weighted by atomic mass is 10.1. The standard InChI is InChI=1S/C18H21N5O/c1-13-9-19-18(21-13)16-12-24-8-7-23(16)11-15-10-20-22-17(15)14-5-3-2-4-6-14/h2-6,9-10,16H,7-8,11-12H2,1H3,(H,19,21)(H,20,22)/t16-/m1/s1. The van der Waals surface area contributed by atoms with E-state index < -0.39 is 0 Å². The third kappa shape index (κ3) is 2.98. The molecule has 0 saturated carbocycles. The summed E-state index contributed by atoms with van der Waals surface area (Å²) in [5.74, 6) is 0.969. The fourth-order valence-corrected chi connectivity index (χ4v) is 3.19. The number of H-pyrrole nitrogens is 2. The van der Waals surface area contributed by atoms with Crippen LogP contribution in [0.25, 0.3) is 11.3 Å². The maximum atomic E-state index is 5.68. The van der Waals surface area contributed by atoms with Crippen molar-refractivity contribution in [2.45, 2.75) is 19.5 Å². The number of nitrogens with zero attached hydrogens (tertiary/aromatic N) is 3. The quantitative estimate of drug-likeness (QED) is 0.774. The van der Waals surface area contributed by atoms with Gasteiger partial charge in [-0.15, -0.1) is 0 Å². The number of rotatable bonds is 4. The maximum Gasteiger partial charge on any atom is 0.126 e. The second kappa shape index (κ2) is 6.59. The normalized spacial score (nSPS) is 18.8. The summed E-state index contributed by atoms with van der Waals surface area (Å²) in [7, 11) is 0. The molecule has 6 nitrogen and oxygen atoms in total. The molecule has 2 N–H and O–H groups in total. The maximum absolute atomic E-state index is 5.68. The largest absolute Gasteiger partial charge is 0.378 e. The molecule has 1 fully saturated rings. The van der Waals surface area contributed by atoms with Gasteiger partial charge in [0.2, 0.25) is 0 Å². The molecule has 6 heteroatoms. The van der Waals surface area contributed by atoms with E-state index in [2.05, 4.69) is 37.2 Å². The van der Waals surface area contributed by atoms with Gasteiger partial charge in [0.15, 0.2) is 0 Å². The number of hydrogen-bond donors (Lipinski definition) is 2. The topological polar surface area (TPSA) is 69.8 Å². The zero-order chi connectivity index (χ0) is 16.4. The van der Waals surface area contributed by atoms with Crippen LogP contribution >= 0.6 is 0 Å². The lowest BCUT2D eigenvalue weighted by Crippen LogP contribution is -2.39. The Morgan fingerprint density at radius 3 is 2.92 bits per heavy atom. The highest BCUT2D eigenvalue weighted by atomic mass is 16.5. The highest BCUT2D eigenvalue weighted by molar-refractivity contribution is 5.62. The molecule has 0 radical (unpaired) electrons. The molecule has 0 spiro atoms. The molecule has 124 valence electrons. The molecule has 1 aliphatic rings. The van der Waals surface area contributed by atoms with Gasteiger partial charge >= 0.3 is 0 Å². The number of aromatic nitrogens is 4. The van der Waals surface area contributed by atoms with Gasteiger partial charge in [-0.05, 0) is 12.5 Å². The molecule has 1 aromatic carbocycles. The molecule has 2 aromatic heterocycles. The van der Waals surface area contributed by atoms with Gasteiger partial charge in [-0.25, -0.2) is 4.98 Å². The van der Waals surface area contributed by atoms with Crippen molar-refractivity contribution in [2.75, 3.05) is 19.8 Å². The molecule has 0 aliphatic carbocycles. The predicted molar refractivity (Wildman–Crippen MR) is 91.3 cm³/mol. The first-order valence-corrected chi connectivity index (χ1v) is 8.22. The van der Waals surface area contributed by atoms with Crippen molar-refractivity contribution in [1.29, 1.82) is 0 Å². The van der Waals surface area contributed by atoms with Crippen LogP contribution in [0.2, 0.25) is 0 Å². The minimum Gasteiger partial charge on any atom is -0.378 e. The second-order valence-electron chi connectivity index (χ2n) is 6.15. The molecule has 3 heterocycles. The van der Waals surface area contributed by atoms with E-state index in [4.69, 9.17) is 4.74 Å². The minimum atomic E-state index is 0.144. The Kier molecular flexibility index (Phi) is 4.15. The summed E-state index contributed by atoms with van der Waals surface area (Å²) in [5, 5.41) is 7.40. The van der Waals surface area contributed by atoms with Crippen LogP contribution in [0.3, 0.4) is 0 Å². The van der Waals surface area contributed by atoms with E-state index in [0.717, 1.165) is 42.5 Å². The first-order valence-electron chi connectivity index (χ1n) is 8.22. The Hall–Kier alpha value is -2.44. The number of hydrogen-bond acceptors (Lipinski definition) is 4. The zero-order valence-electron chi connectivity index (χ0n) is 13.7. The zero-order valence-corrected chi connectivity index (χ0v) is 13.7. The van der Waals surface area contributed by atoms with E-state index in [1.807, 2.05) is 37.5 Å². The van der Waals surface area contributed by atoms with Crippen molar-refractivity contribution >= 4 is 0 Å². The van der Waals surface area contributed by atoms with Crippen LogP contribution in [0.1, 0.15) is 23.1 Å². The Balaban J connectivity index is 1.59. The van der Waals surface area contributed by atoms with E-state index in [-0.39, 0.29) is 6.04 Å². The molecular weight excluding hydrogens is 302 g/mol. The first kappa shape index (κ1) is 15.1. The molecular formula is C18H21N5O. The molecule has 4 rings (SSSR count).